The van der Waals surface area contributed by atoms with Gasteiger partial charge >= 0.3 is 0 Å². The number of hydrogen-bond acceptors (Lipinski definition) is 4. The highest BCUT2D eigenvalue weighted by atomic mass is 79.9. The third kappa shape index (κ3) is 2.41. The molecule has 1 aromatic rings. The van der Waals surface area contributed by atoms with Crippen molar-refractivity contribution in [2.24, 2.45) is 0 Å². The summed E-state index contributed by atoms with van der Waals surface area (Å²) >= 11 is 3.50. The maximum absolute atomic E-state index is 5.66. The van der Waals surface area contributed by atoms with Gasteiger partial charge in [-0.25, -0.2) is 4.98 Å². The maximum Gasteiger partial charge on any atom is 0.143 e. The molecule has 1 saturated heterocycles. The second kappa shape index (κ2) is 4.37. The molecule has 1 aliphatic heterocycles. The highest BCUT2D eigenvalue weighted by Gasteiger charge is 2.17. The van der Waals surface area contributed by atoms with Gasteiger partial charge in [-0.05, 0) is 29.0 Å². The van der Waals surface area contributed by atoms with Crippen molar-refractivity contribution in [2.45, 2.75) is 0 Å². The lowest BCUT2D eigenvalue weighted by Crippen LogP contribution is -2.44. The van der Waals surface area contributed by atoms with Crippen LogP contribution in [0.5, 0.6) is 0 Å². The van der Waals surface area contributed by atoms with Crippen LogP contribution in [0.1, 0.15) is 0 Å². The Balaban J connectivity index is 2.15. The summed E-state index contributed by atoms with van der Waals surface area (Å²) in [6.07, 6.45) is 1.71. The van der Waals surface area contributed by atoms with Crippen LogP contribution in [0, 0.1) is 0 Å². The molecule has 4 nitrogen and oxygen atoms in total. The van der Waals surface area contributed by atoms with Gasteiger partial charge in [0, 0.05) is 26.2 Å². The van der Waals surface area contributed by atoms with Gasteiger partial charge in [-0.15, -0.1) is 0 Å². The van der Waals surface area contributed by atoms with Crippen LogP contribution in [-0.2, 0) is 0 Å². The Morgan fingerprint density at radius 1 is 1.33 bits per heavy atom. The van der Waals surface area contributed by atoms with E-state index in [2.05, 4.69) is 37.8 Å². The smallest absolute Gasteiger partial charge is 0.143 e. The lowest BCUT2D eigenvalue weighted by molar-refractivity contribution is 0.312. The lowest BCUT2D eigenvalue weighted by Gasteiger charge is -2.33. The molecule has 2 N–H and O–H groups in total. The number of anilines is 2. The molecule has 2 heterocycles. The van der Waals surface area contributed by atoms with Crippen LogP contribution in [0.3, 0.4) is 0 Å². The van der Waals surface area contributed by atoms with Gasteiger partial charge in [-0.3, -0.25) is 0 Å². The van der Waals surface area contributed by atoms with Crippen molar-refractivity contribution in [3.63, 3.8) is 0 Å². The minimum Gasteiger partial charge on any atom is -0.397 e. The van der Waals surface area contributed by atoms with Crippen LogP contribution in [0.2, 0.25) is 0 Å². The van der Waals surface area contributed by atoms with Gasteiger partial charge in [0.1, 0.15) is 5.82 Å². The topological polar surface area (TPSA) is 45.4 Å². The van der Waals surface area contributed by atoms with E-state index < -0.39 is 0 Å². The van der Waals surface area contributed by atoms with Gasteiger partial charge in [0.05, 0.1) is 16.4 Å². The summed E-state index contributed by atoms with van der Waals surface area (Å²) in [4.78, 5) is 8.96. The van der Waals surface area contributed by atoms with Crippen molar-refractivity contribution in [1.82, 2.24) is 9.88 Å². The summed E-state index contributed by atoms with van der Waals surface area (Å²) < 4.78 is 0.979. The first-order chi connectivity index (χ1) is 7.16. The zero-order valence-electron chi connectivity index (χ0n) is 8.78. The number of aromatic nitrogens is 1. The fraction of sp³-hybridized carbons (Fsp3) is 0.500. The number of pyridine rings is 1. The van der Waals surface area contributed by atoms with E-state index in [0.717, 1.165) is 36.5 Å². The number of nitrogen functional groups attached to an aromatic ring is 1. The molecule has 82 valence electrons. The van der Waals surface area contributed by atoms with Crippen LogP contribution in [-0.4, -0.2) is 43.1 Å². The number of piperazine rings is 1. The molecule has 0 unspecified atom stereocenters. The van der Waals surface area contributed by atoms with E-state index >= 15 is 0 Å². The number of nitrogens with two attached hydrogens (primary N) is 1. The first-order valence-electron chi connectivity index (χ1n) is 5.01. The van der Waals surface area contributed by atoms with Crippen molar-refractivity contribution in [3.8, 4) is 0 Å². The Labute approximate surface area is 98.2 Å². The molecule has 0 aromatic carbocycles. The summed E-state index contributed by atoms with van der Waals surface area (Å²) in [6, 6.07) is 1.90. The Kier molecular flexibility index (Phi) is 3.11. The third-order valence-corrected chi connectivity index (χ3v) is 3.23. The summed E-state index contributed by atoms with van der Waals surface area (Å²) in [5.41, 5.74) is 6.35. The van der Waals surface area contributed by atoms with E-state index in [1.165, 1.54) is 0 Å². The summed E-state index contributed by atoms with van der Waals surface area (Å²) in [6.45, 7) is 4.20. The standard InChI is InChI=1S/C10H15BrN4/c1-14-2-4-15(5-3-14)10-9(11)6-8(12)7-13-10/h6-7H,2-5,12H2,1H3. The zero-order chi connectivity index (χ0) is 10.8. The molecule has 5 heteroatoms. The van der Waals surface area contributed by atoms with Crippen molar-refractivity contribution in [3.05, 3.63) is 16.7 Å². The largest absolute Gasteiger partial charge is 0.397 e. The average molecular weight is 271 g/mol. The molecule has 1 aliphatic rings. The van der Waals surface area contributed by atoms with Gasteiger partial charge < -0.3 is 15.5 Å². The van der Waals surface area contributed by atoms with Crippen LogP contribution >= 0.6 is 15.9 Å². The average Bonchev–Trinajstić information content (AvgIpc) is 2.20. The van der Waals surface area contributed by atoms with Gasteiger partial charge in [0.25, 0.3) is 0 Å². The van der Waals surface area contributed by atoms with E-state index in [4.69, 9.17) is 5.73 Å². The molecule has 15 heavy (non-hydrogen) atoms. The molecule has 0 radical (unpaired) electrons. The second-order valence-corrected chi connectivity index (χ2v) is 4.72. The number of rotatable bonds is 1. The monoisotopic (exact) mass is 270 g/mol. The molecule has 0 bridgehead atoms. The molecule has 1 fully saturated rings. The molecular formula is C10H15BrN4. The fourth-order valence-corrected chi connectivity index (χ4v) is 2.31. The van der Waals surface area contributed by atoms with Gasteiger partial charge in [0.2, 0.25) is 0 Å². The Bertz CT molecular complexity index is 347. The van der Waals surface area contributed by atoms with E-state index in [1.54, 1.807) is 6.20 Å². The molecule has 0 aliphatic carbocycles. The minimum absolute atomic E-state index is 0.694. The summed E-state index contributed by atoms with van der Waals surface area (Å²) in [5.74, 6) is 0.998. The first kappa shape index (κ1) is 10.7. The number of hydrogen-bond donors (Lipinski definition) is 1. The summed E-state index contributed by atoms with van der Waals surface area (Å²) in [5, 5.41) is 0. The van der Waals surface area contributed by atoms with Gasteiger partial charge in [-0.1, -0.05) is 0 Å². The lowest BCUT2D eigenvalue weighted by atomic mass is 10.3. The molecule has 0 saturated carbocycles. The van der Waals surface area contributed by atoms with Crippen LogP contribution in [0.15, 0.2) is 16.7 Å². The maximum atomic E-state index is 5.66. The summed E-state index contributed by atoms with van der Waals surface area (Å²) in [7, 11) is 2.14. The van der Waals surface area contributed by atoms with Crippen LogP contribution < -0.4 is 10.6 Å². The SMILES string of the molecule is CN1CCN(c2ncc(N)cc2Br)CC1. The molecular weight excluding hydrogens is 256 g/mol. The first-order valence-corrected chi connectivity index (χ1v) is 5.80. The quantitative estimate of drug-likeness (QED) is 0.833. The Morgan fingerprint density at radius 2 is 2.00 bits per heavy atom. The minimum atomic E-state index is 0.694. The van der Waals surface area contributed by atoms with Crippen LogP contribution in [0.25, 0.3) is 0 Å². The fourth-order valence-electron chi connectivity index (χ4n) is 1.70. The van der Waals surface area contributed by atoms with Crippen LogP contribution in [0.4, 0.5) is 11.5 Å². The molecule has 0 amide bonds. The molecule has 0 atom stereocenters. The van der Waals surface area contributed by atoms with Gasteiger partial charge in [0.15, 0.2) is 0 Å². The van der Waals surface area contributed by atoms with E-state index in [9.17, 15) is 0 Å². The third-order valence-electron chi connectivity index (χ3n) is 2.65. The Morgan fingerprint density at radius 3 is 2.60 bits per heavy atom. The Hall–Kier alpha value is -0.810. The highest BCUT2D eigenvalue weighted by Crippen LogP contribution is 2.25. The number of halogens is 1. The van der Waals surface area contributed by atoms with Crippen molar-refractivity contribution >= 4 is 27.4 Å². The van der Waals surface area contributed by atoms with E-state index in [1.807, 2.05) is 6.07 Å². The second-order valence-electron chi connectivity index (χ2n) is 3.86. The van der Waals surface area contributed by atoms with Crippen molar-refractivity contribution in [2.75, 3.05) is 43.9 Å². The predicted octanol–water partition coefficient (Wildman–Crippen LogP) is 1.18. The molecule has 2 rings (SSSR count). The van der Waals surface area contributed by atoms with E-state index in [-0.39, 0.29) is 0 Å². The normalized spacial score (nSPS) is 18.1. The number of likely N-dealkylation sites (N-methyl/N-ethyl adjacent to an activating group) is 1. The molecule has 1 aromatic heterocycles. The number of nitrogens with zero attached hydrogens (tertiary/aromatic N) is 3. The van der Waals surface area contributed by atoms with Gasteiger partial charge in [-0.2, -0.15) is 0 Å². The zero-order valence-corrected chi connectivity index (χ0v) is 10.4. The van der Waals surface area contributed by atoms with Crippen molar-refractivity contribution < 1.29 is 0 Å². The van der Waals surface area contributed by atoms with Crippen molar-refractivity contribution in [1.29, 1.82) is 0 Å². The predicted molar refractivity (Wildman–Crippen MR) is 66.1 cm³/mol. The molecule has 0 spiro atoms. The van der Waals surface area contributed by atoms with E-state index in [0.29, 0.717) is 5.69 Å². The highest BCUT2D eigenvalue weighted by molar-refractivity contribution is 9.10.